The van der Waals surface area contributed by atoms with Crippen molar-refractivity contribution in [1.29, 1.82) is 0 Å². The van der Waals surface area contributed by atoms with Gasteiger partial charge in [0.15, 0.2) is 0 Å². The van der Waals surface area contributed by atoms with Crippen molar-refractivity contribution < 1.29 is 4.74 Å². The molecule has 1 fully saturated rings. The van der Waals surface area contributed by atoms with Gasteiger partial charge in [0.2, 0.25) is 0 Å². The quantitative estimate of drug-likeness (QED) is 0.676. The standard InChI is InChI=1S/C11H25N3O/c1-4-14(7-8-15-3)11(9-12)5-6-13(2)10-11/h4-10,12H2,1-3H3. The van der Waals surface area contributed by atoms with Crippen LogP contribution in [0.3, 0.4) is 0 Å². The van der Waals surface area contributed by atoms with Crippen molar-refractivity contribution in [1.82, 2.24) is 9.80 Å². The fourth-order valence-electron chi connectivity index (χ4n) is 2.55. The third kappa shape index (κ3) is 2.91. The number of likely N-dealkylation sites (N-methyl/N-ethyl adjacent to an activating group) is 2. The molecule has 0 aliphatic carbocycles. The van der Waals surface area contributed by atoms with Gasteiger partial charge in [-0.1, -0.05) is 6.92 Å². The molecule has 15 heavy (non-hydrogen) atoms. The lowest BCUT2D eigenvalue weighted by atomic mass is 9.96. The Labute approximate surface area is 93.4 Å². The van der Waals surface area contributed by atoms with Gasteiger partial charge in [-0.3, -0.25) is 4.90 Å². The normalized spacial score (nSPS) is 27.8. The molecule has 1 rings (SSSR count). The summed E-state index contributed by atoms with van der Waals surface area (Å²) in [6.07, 6.45) is 1.18. The minimum absolute atomic E-state index is 0.183. The largest absolute Gasteiger partial charge is 0.383 e. The minimum Gasteiger partial charge on any atom is -0.383 e. The zero-order valence-corrected chi connectivity index (χ0v) is 10.3. The maximum absolute atomic E-state index is 5.97. The van der Waals surface area contributed by atoms with Crippen LogP contribution in [0.5, 0.6) is 0 Å². The lowest BCUT2D eigenvalue weighted by molar-refractivity contribution is 0.0703. The maximum atomic E-state index is 5.97. The average molecular weight is 215 g/mol. The van der Waals surface area contributed by atoms with E-state index in [9.17, 15) is 0 Å². The second kappa shape index (κ2) is 5.80. The van der Waals surface area contributed by atoms with E-state index >= 15 is 0 Å². The van der Waals surface area contributed by atoms with Crippen LogP contribution in [-0.2, 0) is 4.74 Å². The van der Waals surface area contributed by atoms with E-state index in [2.05, 4.69) is 23.8 Å². The van der Waals surface area contributed by atoms with Crippen LogP contribution in [-0.4, -0.2) is 68.8 Å². The summed E-state index contributed by atoms with van der Waals surface area (Å²) in [6.45, 7) is 8.01. The topological polar surface area (TPSA) is 41.7 Å². The Balaban J connectivity index is 2.61. The molecule has 0 saturated carbocycles. The van der Waals surface area contributed by atoms with Gasteiger partial charge in [0.1, 0.15) is 0 Å². The Kier molecular flexibility index (Phi) is 4.99. The number of ether oxygens (including phenoxy) is 1. The molecule has 1 atom stereocenters. The molecule has 1 saturated heterocycles. The lowest BCUT2D eigenvalue weighted by Crippen LogP contribution is -2.56. The van der Waals surface area contributed by atoms with Crippen molar-refractivity contribution in [2.45, 2.75) is 18.9 Å². The van der Waals surface area contributed by atoms with Crippen molar-refractivity contribution in [2.24, 2.45) is 5.73 Å². The van der Waals surface area contributed by atoms with Crippen LogP contribution >= 0.6 is 0 Å². The van der Waals surface area contributed by atoms with Crippen LogP contribution in [0.15, 0.2) is 0 Å². The van der Waals surface area contributed by atoms with E-state index < -0.39 is 0 Å². The molecule has 0 spiro atoms. The first-order valence-corrected chi connectivity index (χ1v) is 5.81. The third-order valence-corrected chi connectivity index (χ3v) is 3.52. The summed E-state index contributed by atoms with van der Waals surface area (Å²) in [4.78, 5) is 4.84. The summed E-state index contributed by atoms with van der Waals surface area (Å²) in [5.41, 5.74) is 6.15. The zero-order valence-electron chi connectivity index (χ0n) is 10.3. The molecule has 4 heteroatoms. The lowest BCUT2D eigenvalue weighted by Gasteiger charge is -2.39. The molecule has 2 N–H and O–H groups in total. The van der Waals surface area contributed by atoms with E-state index in [1.165, 1.54) is 6.42 Å². The van der Waals surface area contributed by atoms with Crippen molar-refractivity contribution in [3.63, 3.8) is 0 Å². The van der Waals surface area contributed by atoms with Gasteiger partial charge in [0.05, 0.1) is 6.61 Å². The van der Waals surface area contributed by atoms with Crippen LogP contribution < -0.4 is 5.73 Å². The minimum atomic E-state index is 0.183. The van der Waals surface area contributed by atoms with Crippen molar-refractivity contribution in [3.05, 3.63) is 0 Å². The molecular weight excluding hydrogens is 190 g/mol. The van der Waals surface area contributed by atoms with Crippen LogP contribution in [0.25, 0.3) is 0 Å². The number of hydrogen-bond donors (Lipinski definition) is 1. The highest BCUT2D eigenvalue weighted by atomic mass is 16.5. The first-order chi connectivity index (χ1) is 7.18. The summed E-state index contributed by atoms with van der Waals surface area (Å²) in [7, 11) is 3.92. The van der Waals surface area contributed by atoms with E-state index in [0.717, 1.165) is 39.3 Å². The van der Waals surface area contributed by atoms with Gasteiger partial charge in [-0.15, -0.1) is 0 Å². The third-order valence-electron chi connectivity index (χ3n) is 3.52. The Morgan fingerprint density at radius 3 is 2.67 bits per heavy atom. The molecule has 1 heterocycles. The number of rotatable bonds is 6. The Hall–Kier alpha value is -0.160. The highest BCUT2D eigenvalue weighted by Gasteiger charge is 2.39. The molecule has 90 valence electrons. The van der Waals surface area contributed by atoms with Crippen molar-refractivity contribution in [3.8, 4) is 0 Å². The number of nitrogens with two attached hydrogens (primary N) is 1. The zero-order chi connectivity index (χ0) is 11.3. The second-order valence-corrected chi connectivity index (χ2v) is 4.49. The Bertz CT molecular complexity index is 189. The Morgan fingerprint density at radius 2 is 2.27 bits per heavy atom. The summed E-state index contributed by atoms with van der Waals surface area (Å²) in [5.74, 6) is 0. The van der Waals surface area contributed by atoms with Gasteiger partial charge in [0, 0.05) is 32.3 Å². The molecule has 0 bridgehead atoms. The number of methoxy groups -OCH3 is 1. The van der Waals surface area contributed by atoms with Crippen molar-refractivity contribution >= 4 is 0 Å². The number of nitrogens with zero attached hydrogens (tertiary/aromatic N) is 2. The fraction of sp³-hybridized carbons (Fsp3) is 1.00. The smallest absolute Gasteiger partial charge is 0.0589 e. The number of hydrogen-bond acceptors (Lipinski definition) is 4. The van der Waals surface area contributed by atoms with Gasteiger partial charge in [-0.2, -0.15) is 0 Å². The molecule has 1 aliphatic rings. The van der Waals surface area contributed by atoms with Crippen molar-refractivity contribution in [2.75, 3.05) is 53.5 Å². The average Bonchev–Trinajstić information content (AvgIpc) is 2.63. The molecule has 1 aliphatic heterocycles. The highest BCUT2D eigenvalue weighted by molar-refractivity contribution is 4.98. The molecular formula is C11H25N3O. The van der Waals surface area contributed by atoms with E-state index in [1.807, 2.05) is 0 Å². The molecule has 0 aromatic heterocycles. The summed E-state index contributed by atoms with van der Waals surface area (Å²) < 4.78 is 5.15. The summed E-state index contributed by atoms with van der Waals surface area (Å²) in [5, 5.41) is 0. The second-order valence-electron chi connectivity index (χ2n) is 4.49. The Morgan fingerprint density at radius 1 is 1.53 bits per heavy atom. The van der Waals surface area contributed by atoms with Gasteiger partial charge in [-0.25, -0.2) is 0 Å². The molecule has 0 aromatic carbocycles. The van der Waals surface area contributed by atoms with Gasteiger partial charge < -0.3 is 15.4 Å². The summed E-state index contributed by atoms with van der Waals surface area (Å²) >= 11 is 0. The van der Waals surface area contributed by atoms with Gasteiger partial charge in [0.25, 0.3) is 0 Å². The first-order valence-electron chi connectivity index (χ1n) is 5.81. The molecule has 0 amide bonds. The molecule has 0 radical (unpaired) electrons. The van der Waals surface area contributed by atoms with E-state index in [0.29, 0.717) is 0 Å². The van der Waals surface area contributed by atoms with Gasteiger partial charge >= 0.3 is 0 Å². The van der Waals surface area contributed by atoms with Crippen LogP contribution in [0, 0.1) is 0 Å². The predicted molar refractivity (Wildman–Crippen MR) is 63.0 cm³/mol. The monoisotopic (exact) mass is 215 g/mol. The number of likely N-dealkylation sites (tertiary alicyclic amines) is 1. The van der Waals surface area contributed by atoms with E-state index in [-0.39, 0.29) is 5.54 Å². The van der Waals surface area contributed by atoms with Gasteiger partial charge in [-0.05, 0) is 26.6 Å². The predicted octanol–water partition coefficient (Wildman–Crippen LogP) is -0.0123. The van der Waals surface area contributed by atoms with Crippen LogP contribution in [0.4, 0.5) is 0 Å². The highest BCUT2D eigenvalue weighted by Crippen LogP contribution is 2.25. The summed E-state index contributed by atoms with van der Waals surface area (Å²) in [6, 6.07) is 0. The maximum Gasteiger partial charge on any atom is 0.0589 e. The van der Waals surface area contributed by atoms with E-state index in [4.69, 9.17) is 10.5 Å². The van der Waals surface area contributed by atoms with Crippen LogP contribution in [0.2, 0.25) is 0 Å². The molecule has 0 aromatic rings. The molecule has 4 nitrogen and oxygen atoms in total. The fourth-order valence-corrected chi connectivity index (χ4v) is 2.55. The van der Waals surface area contributed by atoms with Crippen LogP contribution in [0.1, 0.15) is 13.3 Å². The SMILES string of the molecule is CCN(CCOC)C1(CN)CCN(C)C1. The molecule has 1 unspecified atom stereocenters. The first kappa shape index (κ1) is 12.9. The van der Waals surface area contributed by atoms with E-state index in [1.54, 1.807) is 7.11 Å².